The van der Waals surface area contributed by atoms with Gasteiger partial charge in [-0.3, -0.25) is 19.8 Å². The van der Waals surface area contributed by atoms with Crippen LogP contribution in [0.4, 0.5) is 0 Å². The molecule has 3 rings (SSSR count). The smallest absolute Gasteiger partial charge is 0.295 e. The number of Topliss-reactive ketones (excluding diaryl/α,β-unsaturated/α-hetero) is 1. The summed E-state index contributed by atoms with van der Waals surface area (Å²) in [5, 5.41) is 9.82. The van der Waals surface area contributed by atoms with Crippen molar-refractivity contribution in [3.63, 3.8) is 0 Å². The van der Waals surface area contributed by atoms with Gasteiger partial charge in [-0.2, -0.15) is 0 Å². The number of amides is 2. The van der Waals surface area contributed by atoms with Gasteiger partial charge in [0.15, 0.2) is 0 Å². The Morgan fingerprint density at radius 2 is 1.73 bits per heavy atom. The number of rotatable bonds is 7. The highest BCUT2D eigenvalue weighted by molar-refractivity contribution is 6.45. The molecule has 2 amide bonds. The summed E-state index contributed by atoms with van der Waals surface area (Å²) >= 11 is 0. The molecular weight excluding hydrogens is 386 g/mol. The van der Waals surface area contributed by atoms with Crippen molar-refractivity contribution >= 4 is 17.6 Å². The molecule has 0 aliphatic carbocycles. The van der Waals surface area contributed by atoms with E-state index in [0.29, 0.717) is 5.70 Å². The Hall–Kier alpha value is -3.65. The quantitative estimate of drug-likeness (QED) is 0.365. The van der Waals surface area contributed by atoms with Crippen molar-refractivity contribution in [3.8, 4) is 5.75 Å². The number of ether oxygens (including phenoxy) is 1. The fourth-order valence-corrected chi connectivity index (χ4v) is 3.37. The van der Waals surface area contributed by atoms with E-state index in [1.165, 1.54) is 24.1 Å². The van der Waals surface area contributed by atoms with E-state index in [-0.39, 0.29) is 30.0 Å². The van der Waals surface area contributed by atoms with Crippen molar-refractivity contribution in [2.45, 2.75) is 13.0 Å². The highest BCUT2D eigenvalue weighted by Crippen LogP contribution is 2.36. The molecular formula is C22H23N3O5. The Bertz CT molecular complexity index is 987. The molecule has 0 radical (unpaired) electrons. The van der Waals surface area contributed by atoms with E-state index >= 15 is 0 Å². The van der Waals surface area contributed by atoms with Crippen LogP contribution >= 0.6 is 0 Å². The summed E-state index contributed by atoms with van der Waals surface area (Å²) in [6.07, 6.45) is 0. The number of ketones is 1. The molecule has 8 nitrogen and oxygen atoms in total. The average Bonchev–Trinajstić information content (AvgIpc) is 3.01. The number of likely N-dealkylation sites (tertiary alicyclic amines) is 1. The minimum atomic E-state index is -0.637. The number of hydrogen-bond acceptors (Lipinski definition) is 6. The van der Waals surface area contributed by atoms with E-state index in [1.54, 1.807) is 19.1 Å². The predicted octanol–water partition coefficient (Wildman–Crippen LogP) is 1.70. The molecule has 1 atom stereocenters. The molecule has 30 heavy (non-hydrogen) atoms. The first-order valence-electron chi connectivity index (χ1n) is 9.40. The molecule has 1 fully saturated rings. The van der Waals surface area contributed by atoms with Crippen LogP contribution in [0.5, 0.6) is 5.75 Å². The number of carbonyl (C=O) groups is 3. The van der Waals surface area contributed by atoms with Crippen molar-refractivity contribution in [2.24, 2.45) is 0 Å². The van der Waals surface area contributed by atoms with E-state index in [0.717, 1.165) is 5.56 Å². The number of benzene rings is 2. The van der Waals surface area contributed by atoms with E-state index in [2.05, 4.69) is 10.9 Å². The van der Waals surface area contributed by atoms with Gasteiger partial charge in [0.25, 0.3) is 17.6 Å². The van der Waals surface area contributed by atoms with E-state index < -0.39 is 23.6 Å². The standard InChI is InChI=1S/C22H23N3O5/c1-14(23-24-21(28)16-10-6-7-11-17(16)26)18-19(15-8-4-3-5-9-15)25(12-13-30-2)22(29)20(18)27/h3-11,19,23,26H,12-13H2,1-2H3,(H,24,28). The van der Waals surface area contributed by atoms with Crippen molar-refractivity contribution in [2.75, 3.05) is 20.3 Å². The van der Waals surface area contributed by atoms with Gasteiger partial charge in [-0.25, -0.2) is 0 Å². The first kappa shape index (κ1) is 21.1. The number of para-hydroxylation sites is 1. The number of nitrogens with one attached hydrogen (secondary N) is 2. The van der Waals surface area contributed by atoms with Crippen molar-refractivity contribution in [3.05, 3.63) is 77.0 Å². The molecule has 0 aromatic heterocycles. The van der Waals surface area contributed by atoms with Crippen LogP contribution in [0.3, 0.4) is 0 Å². The van der Waals surface area contributed by atoms with Gasteiger partial charge in [-0.1, -0.05) is 42.5 Å². The minimum absolute atomic E-state index is 0.0814. The number of allylic oxidation sites excluding steroid dienone is 1. The predicted molar refractivity (Wildman–Crippen MR) is 109 cm³/mol. The third-order valence-corrected chi connectivity index (χ3v) is 4.85. The Morgan fingerprint density at radius 3 is 2.40 bits per heavy atom. The third-order valence-electron chi connectivity index (χ3n) is 4.85. The number of carbonyl (C=O) groups excluding carboxylic acids is 3. The second-order valence-corrected chi connectivity index (χ2v) is 6.77. The molecule has 2 aromatic carbocycles. The molecule has 1 aliphatic heterocycles. The summed E-state index contributed by atoms with van der Waals surface area (Å²) < 4.78 is 5.09. The number of phenols is 1. The maximum Gasteiger partial charge on any atom is 0.295 e. The maximum atomic E-state index is 12.8. The second-order valence-electron chi connectivity index (χ2n) is 6.77. The number of hydrogen-bond donors (Lipinski definition) is 3. The van der Waals surface area contributed by atoms with Gasteiger partial charge in [0, 0.05) is 19.4 Å². The second kappa shape index (κ2) is 9.23. The minimum Gasteiger partial charge on any atom is -0.507 e. The summed E-state index contributed by atoms with van der Waals surface area (Å²) in [6.45, 7) is 2.15. The molecule has 0 saturated carbocycles. The molecule has 2 aromatic rings. The number of hydrazine groups is 1. The zero-order valence-electron chi connectivity index (χ0n) is 16.7. The SMILES string of the molecule is COCCN1C(=O)C(=O)C(=C(C)NNC(=O)c2ccccc2O)C1c1ccccc1. The lowest BCUT2D eigenvalue weighted by atomic mass is 9.97. The lowest BCUT2D eigenvalue weighted by molar-refractivity contribution is -0.140. The summed E-state index contributed by atoms with van der Waals surface area (Å²) in [5.74, 6) is -2.00. The summed E-state index contributed by atoms with van der Waals surface area (Å²) in [6, 6.07) is 14.7. The van der Waals surface area contributed by atoms with Crippen LogP contribution in [0.1, 0.15) is 28.9 Å². The number of aromatic hydroxyl groups is 1. The highest BCUT2D eigenvalue weighted by atomic mass is 16.5. The van der Waals surface area contributed by atoms with Crippen molar-refractivity contribution in [1.82, 2.24) is 15.8 Å². The van der Waals surface area contributed by atoms with Crippen LogP contribution in [0.15, 0.2) is 65.9 Å². The topological polar surface area (TPSA) is 108 Å². The van der Waals surface area contributed by atoms with Crippen molar-refractivity contribution < 1.29 is 24.2 Å². The molecule has 3 N–H and O–H groups in total. The van der Waals surface area contributed by atoms with Crippen LogP contribution in [-0.4, -0.2) is 47.9 Å². The Balaban J connectivity index is 1.90. The first-order valence-corrected chi connectivity index (χ1v) is 9.40. The fraction of sp³-hybridized carbons (Fsp3) is 0.227. The fourth-order valence-electron chi connectivity index (χ4n) is 3.37. The normalized spacial score (nSPS) is 17.8. The number of phenolic OH excluding ortho intramolecular Hbond substituents is 1. The van der Waals surface area contributed by atoms with Crippen LogP contribution in [0, 0.1) is 0 Å². The lowest BCUT2D eigenvalue weighted by Gasteiger charge is -2.25. The number of nitrogens with zero attached hydrogens (tertiary/aromatic N) is 1. The van der Waals surface area contributed by atoms with Crippen LogP contribution < -0.4 is 10.9 Å². The van der Waals surface area contributed by atoms with Crippen LogP contribution in [0.2, 0.25) is 0 Å². The van der Waals surface area contributed by atoms with E-state index in [4.69, 9.17) is 4.74 Å². The van der Waals surface area contributed by atoms with Crippen LogP contribution in [0.25, 0.3) is 0 Å². The first-order chi connectivity index (χ1) is 14.5. The van der Waals surface area contributed by atoms with Gasteiger partial charge in [-0.05, 0) is 24.6 Å². The number of methoxy groups -OCH3 is 1. The highest BCUT2D eigenvalue weighted by Gasteiger charge is 2.44. The molecule has 156 valence electrons. The Labute approximate surface area is 174 Å². The lowest BCUT2D eigenvalue weighted by Crippen LogP contribution is -2.37. The van der Waals surface area contributed by atoms with E-state index in [1.807, 2.05) is 30.3 Å². The summed E-state index contributed by atoms with van der Waals surface area (Å²) in [5.41, 5.74) is 6.63. The molecule has 0 spiro atoms. The monoisotopic (exact) mass is 409 g/mol. The summed E-state index contributed by atoms with van der Waals surface area (Å²) in [4.78, 5) is 39.3. The molecule has 1 aliphatic rings. The van der Waals surface area contributed by atoms with Gasteiger partial charge in [0.05, 0.1) is 23.8 Å². The van der Waals surface area contributed by atoms with Gasteiger partial charge < -0.3 is 20.2 Å². The molecule has 0 bridgehead atoms. The molecule has 8 heteroatoms. The summed E-state index contributed by atoms with van der Waals surface area (Å²) in [7, 11) is 1.53. The van der Waals surface area contributed by atoms with Crippen LogP contribution in [-0.2, 0) is 14.3 Å². The van der Waals surface area contributed by atoms with Crippen molar-refractivity contribution in [1.29, 1.82) is 0 Å². The van der Waals surface area contributed by atoms with Gasteiger partial charge in [0.2, 0.25) is 0 Å². The molecule has 1 saturated heterocycles. The Morgan fingerprint density at radius 1 is 1.07 bits per heavy atom. The third kappa shape index (κ3) is 4.18. The molecule has 1 heterocycles. The zero-order chi connectivity index (χ0) is 21.7. The van der Waals surface area contributed by atoms with Gasteiger partial charge in [-0.15, -0.1) is 0 Å². The Kier molecular flexibility index (Phi) is 6.48. The van der Waals surface area contributed by atoms with E-state index in [9.17, 15) is 19.5 Å². The maximum absolute atomic E-state index is 12.8. The van der Waals surface area contributed by atoms with Gasteiger partial charge >= 0.3 is 0 Å². The largest absolute Gasteiger partial charge is 0.507 e. The average molecular weight is 409 g/mol. The molecule has 1 unspecified atom stereocenters. The van der Waals surface area contributed by atoms with Gasteiger partial charge in [0.1, 0.15) is 5.75 Å². The zero-order valence-corrected chi connectivity index (χ0v) is 16.7.